The second kappa shape index (κ2) is 47.0. The number of nitrogens with one attached hydrogen (secondary N) is 7. The first-order valence-corrected chi connectivity index (χ1v) is 43.8. The molecule has 4 heterocycles. The molecule has 0 unspecified atom stereocenters. The van der Waals surface area contributed by atoms with Crippen LogP contribution in [0.3, 0.4) is 0 Å². The van der Waals surface area contributed by atoms with E-state index in [4.69, 9.17) is 43.3 Å². The Balaban J connectivity index is 0.902. The molecule has 125 heavy (non-hydrogen) atoms. The number of carbonyl (C=O) groups is 12. The molecule has 10 amide bonds. The zero-order valence-electron chi connectivity index (χ0n) is 70.3. The molecule has 5 aromatic rings. The van der Waals surface area contributed by atoms with Crippen molar-refractivity contribution in [2.24, 2.45) is 29.0 Å². The number of nitrogens with two attached hydrogens (primary N) is 3. The fourth-order valence-corrected chi connectivity index (χ4v) is 16.3. The predicted octanol–water partition coefficient (Wildman–Crippen LogP) is 6.39. The van der Waals surface area contributed by atoms with Gasteiger partial charge in [0.15, 0.2) is 22.0 Å². The number of thioether (sulfide) groups is 1. The molecule has 5 atom stereocenters. The zero-order valence-corrected chi connectivity index (χ0v) is 71.9. The van der Waals surface area contributed by atoms with E-state index in [1.165, 1.54) is 61.7 Å². The first-order chi connectivity index (χ1) is 60.0. The van der Waals surface area contributed by atoms with Crippen LogP contribution in [0, 0.1) is 11.8 Å². The number of phenolic OH excluding ortho intramolecular Hbond substituents is 1. The maximum absolute atomic E-state index is 15.1. The topological polar surface area (TPSA) is 489 Å². The Morgan fingerprint density at radius 2 is 1.32 bits per heavy atom. The van der Waals surface area contributed by atoms with Crippen LogP contribution in [0.2, 0.25) is 0 Å². The summed E-state index contributed by atoms with van der Waals surface area (Å²) in [7, 11) is 0. The van der Waals surface area contributed by atoms with Gasteiger partial charge in [-0.15, -0.1) is 0 Å². The number of anilines is 1. The zero-order chi connectivity index (χ0) is 89.6. The summed E-state index contributed by atoms with van der Waals surface area (Å²) in [5.41, 5.74) is 21.3. The monoisotopic (exact) mass is 1760 g/mol. The molecule has 35 heteroatoms. The van der Waals surface area contributed by atoms with Gasteiger partial charge in [-0.05, 0) is 191 Å². The standard InChI is InChI=1S/C90H112N14O19S2/c1-55(2)37-64-47-104(83(113)40-57-16-17-57)50-77(107)95-63(24-31-85(115)116)46-103(84(114)41-59-20-30-73-76(39-59)122-54-121-73)51-79(109)97-65(38-56-11-4-3-5-12-56)48-102(82(112)32-36-125-53-58-18-21-60(22-19-58)88(118)98-62(13-6-8-33-91)45-101(49-78(108)96-64)81(111)15-10-34-92)52-80(110)100-72(87(93)117)14-7-9-35-94-90(124)99-61-23-27-68(71(42-61)89(119)120)86-69-28-25-66(105)43-74(69)123-75-44-67(106)26-29-70(75)86/h3-5,11-12,18-23,25-30,39,42-44,55,57,62-65,72,105H,6-10,13-17,24,31-38,40-41,45-54,91-92H2,1-2H3,(H2,93,117)(H,95,107)(H,96,108)(H,97,109)(H,98,118)(H,100,110)(H,115,116)(H,119,120)(H2,94,99,124)/t62-,63-,64-,65-,72-/m0/s1. The second-order valence-electron chi connectivity index (χ2n) is 32.3. The van der Waals surface area contributed by atoms with Gasteiger partial charge in [-0.3, -0.25) is 57.5 Å². The van der Waals surface area contributed by atoms with Crippen LogP contribution in [-0.2, 0) is 66.5 Å². The molecule has 0 radical (unpaired) electrons. The molecular formula is C90H112N14O19S2. The van der Waals surface area contributed by atoms with Crippen LogP contribution >= 0.6 is 24.0 Å². The highest BCUT2D eigenvalue weighted by Crippen LogP contribution is 2.43. The van der Waals surface area contributed by atoms with Crippen LogP contribution in [0.5, 0.6) is 17.2 Å². The molecule has 0 spiro atoms. The lowest BCUT2D eigenvalue weighted by Crippen LogP contribution is -2.55. The summed E-state index contributed by atoms with van der Waals surface area (Å²) in [6.07, 6.45) is 3.41. The first kappa shape index (κ1) is 95.0. The molecule has 2 bridgehead atoms. The molecule has 0 saturated heterocycles. The summed E-state index contributed by atoms with van der Waals surface area (Å²) in [4.78, 5) is 188. The third-order valence-electron chi connectivity index (χ3n) is 21.6. The van der Waals surface area contributed by atoms with E-state index >= 15 is 9.59 Å². The summed E-state index contributed by atoms with van der Waals surface area (Å²) in [5, 5.41) is 52.5. The number of aromatic carboxylic acids is 1. The van der Waals surface area contributed by atoms with E-state index in [0.717, 1.165) is 18.4 Å². The third kappa shape index (κ3) is 30.0. The summed E-state index contributed by atoms with van der Waals surface area (Å²) in [5.74, 6) is -7.17. The van der Waals surface area contributed by atoms with E-state index < -0.39 is 129 Å². The highest BCUT2D eigenvalue weighted by molar-refractivity contribution is 7.98. The summed E-state index contributed by atoms with van der Waals surface area (Å²) < 4.78 is 17.1. The average Bonchev–Trinajstić information content (AvgIpc) is 1.74. The van der Waals surface area contributed by atoms with Gasteiger partial charge >= 0.3 is 11.9 Å². The molecule has 1 fully saturated rings. The van der Waals surface area contributed by atoms with Gasteiger partial charge in [0.1, 0.15) is 23.1 Å². The Morgan fingerprint density at radius 3 is 2.01 bits per heavy atom. The summed E-state index contributed by atoms with van der Waals surface area (Å²) >= 11 is 7.01. The number of aliphatic carboxylic acids is 1. The van der Waals surface area contributed by atoms with Gasteiger partial charge in [0.25, 0.3) is 5.91 Å². The van der Waals surface area contributed by atoms with Crippen LogP contribution in [-0.4, -0.2) is 226 Å². The fourth-order valence-electron chi connectivity index (χ4n) is 15.2. The predicted molar refractivity (Wildman–Crippen MR) is 474 cm³/mol. The number of thiocarbonyl (C=S) groups is 1. The Kier molecular flexibility index (Phi) is 35.8. The van der Waals surface area contributed by atoms with Crippen molar-refractivity contribution in [3.8, 4) is 39.7 Å². The number of hydrogen-bond donors (Lipinski definition) is 13. The second-order valence-corrected chi connectivity index (χ2v) is 33.8. The van der Waals surface area contributed by atoms with Gasteiger partial charge in [-0.25, -0.2) is 4.79 Å². The lowest BCUT2D eigenvalue weighted by atomic mass is 9.90. The largest absolute Gasteiger partial charge is 0.508 e. The van der Waals surface area contributed by atoms with E-state index in [0.29, 0.717) is 113 Å². The third-order valence-corrected chi connectivity index (χ3v) is 22.8. The van der Waals surface area contributed by atoms with Crippen molar-refractivity contribution < 1.29 is 86.7 Å². The molecule has 2 aliphatic carbocycles. The number of phenols is 1. The van der Waals surface area contributed by atoms with Crippen molar-refractivity contribution in [2.75, 3.05) is 89.9 Å². The van der Waals surface area contributed by atoms with Crippen molar-refractivity contribution in [3.63, 3.8) is 0 Å². The van der Waals surface area contributed by atoms with Crippen LogP contribution in [0.15, 0.2) is 137 Å². The van der Waals surface area contributed by atoms with Gasteiger partial charge in [-0.2, -0.15) is 11.8 Å². The van der Waals surface area contributed by atoms with Crippen molar-refractivity contribution in [1.29, 1.82) is 0 Å². The molecule has 668 valence electrons. The maximum atomic E-state index is 15.1. The number of primary amides is 1. The smallest absolute Gasteiger partial charge is 0.336 e. The number of aromatic hydroxyl groups is 1. The van der Waals surface area contributed by atoms with E-state index in [2.05, 4.69) is 37.2 Å². The minimum Gasteiger partial charge on any atom is -0.508 e. The molecule has 11 rings (SSSR count). The molecule has 33 nitrogen and oxygen atoms in total. The van der Waals surface area contributed by atoms with Gasteiger partial charge in [0.05, 0.1) is 44.2 Å². The van der Waals surface area contributed by atoms with Gasteiger partial charge in [-0.1, -0.05) is 74.9 Å². The average molecular weight is 1760 g/mol. The Labute approximate surface area is 734 Å². The Morgan fingerprint density at radius 1 is 0.648 bits per heavy atom. The molecule has 0 aromatic heterocycles. The van der Waals surface area contributed by atoms with Crippen molar-refractivity contribution in [3.05, 3.63) is 165 Å². The molecular weight excluding hydrogens is 1650 g/mol. The van der Waals surface area contributed by atoms with Gasteiger partial charge in [0, 0.05) is 128 Å². The normalized spacial score (nSPS) is 17.8. The van der Waals surface area contributed by atoms with Crippen LogP contribution in [0.4, 0.5) is 5.69 Å². The van der Waals surface area contributed by atoms with Gasteiger partial charge in [0.2, 0.25) is 60.0 Å². The van der Waals surface area contributed by atoms with E-state index in [-0.39, 0.29) is 147 Å². The lowest BCUT2D eigenvalue weighted by Gasteiger charge is -2.32. The SMILES string of the molecule is CC(C)C[C@H]1CN(C(=O)CC2CC2)CC(=O)N[C@@H](CCC(=O)O)CN(C(=O)Cc2ccc3c(c2)OCO3)CC(=O)N[C@@H](Cc2ccccc2)CN(CC(=O)N[C@@H](CCCCNC(=S)Nc2ccc(-c3c4ccc(=O)cc-4oc4cc(O)ccc34)c(C(=O)O)c2)C(N)=O)C(=O)CCSCc2ccc(cc2)C(=O)N[C@@H](CCCCN)CN(C(=O)CCCN)CC(=O)N1. The number of carboxylic acid groups (broad SMARTS) is 2. The minimum atomic E-state index is -1.27. The number of unbranched alkanes of at least 4 members (excludes halogenated alkanes) is 2. The molecule has 4 aliphatic heterocycles. The minimum absolute atomic E-state index is 0.00345. The van der Waals surface area contributed by atoms with Crippen molar-refractivity contribution in [1.82, 2.24) is 51.5 Å². The molecule has 6 aliphatic rings. The van der Waals surface area contributed by atoms with Crippen LogP contribution < -0.4 is 69.3 Å². The van der Waals surface area contributed by atoms with Crippen molar-refractivity contribution in [2.45, 2.75) is 159 Å². The summed E-state index contributed by atoms with van der Waals surface area (Å²) in [6.45, 7) is 1.29. The molecule has 5 aromatic carbocycles. The van der Waals surface area contributed by atoms with E-state index in [1.807, 2.05) is 13.8 Å². The quantitative estimate of drug-likeness (QED) is 0.0100. The number of benzene rings is 6. The number of fused-ring (bicyclic) bond motifs is 32. The Hall–Kier alpha value is -12.2. The maximum Gasteiger partial charge on any atom is 0.336 e. The number of carbonyl (C=O) groups excluding carboxylic acids is 10. The number of amides is 10. The number of carboxylic acids is 2. The number of nitrogens with zero attached hydrogens (tertiary/aromatic N) is 4. The highest BCUT2D eigenvalue weighted by Gasteiger charge is 2.35. The fraction of sp³-hybridized carbons (Fsp3) is 0.444. The number of ether oxygens (including phenoxy) is 2. The summed E-state index contributed by atoms with van der Waals surface area (Å²) in [6, 6.07) is 29.0. The highest BCUT2D eigenvalue weighted by atomic mass is 32.2. The molecule has 1 saturated carbocycles. The lowest BCUT2D eigenvalue weighted by molar-refractivity contribution is -0.139. The van der Waals surface area contributed by atoms with Crippen LogP contribution in [0.25, 0.3) is 33.4 Å². The van der Waals surface area contributed by atoms with E-state index in [9.17, 15) is 68.1 Å². The number of hydrogen-bond acceptors (Lipinski definition) is 21. The Bertz CT molecular complexity index is 5010. The van der Waals surface area contributed by atoms with E-state index in [1.54, 1.807) is 97.1 Å². The van der Waals surface area contributed by atoms with Crippen molar-refractivity contribution >= 4 is 117 Å². The number of rotatable bonds is 30. The molecule has 16 N–H and O–H groups in total. The first-order valence-electron chi connectivity index (χ1n) is 42.3. The van der Waals surface area contributed by atoms with Gasteiger partial charge < -0.3 is 103 Å². The van der Waals surface area contributed by atoms with Crippen LogP contribution in [0.1, 0.15) is 148 Å².